The van der Waals surface area contributed by atoms with Crippen molar-refractivity contribution in [2.45, 2.75) is 56.6 Å². The molecule has 0 spiro atoms. The summed E-state index contributed by atoms with van der Waals surface area (Å²) in [4.78, 5) is 6.44. The fourth-order valence-corrected chi connectivity index (χ4v) is 4.66. The molecule has 2 aromatic carbocycles. The third-order valence-electron chi connectivity index (χ3n) is 5.24. The highest BCUT2D eigenvalue weighted by molar-refractivity contribution is 7.98. The Kier molecular flexibility index (Phi) is 4.30. The van der Waals surface area contributed by atoms with Crippen molar-refractivity contribution in [2.75, 3.05) is 13.4 Å². The van der Waals surface area contributed by atoms with Crippen LogP contribution in [0.15, 0.2) is 40.2 Å². The van der Waals surface area contributed by atoms with Crippen molar-refractivity contribution in [3.8, 4) is 11.5 Å². The van der Waals surface area contributed by atoms with Crippen molar-refractivity contribution in [1.82, 2.24) is 0 Å². The maximum Gasteiger partial charge on any atom is 0.166 e. The lowest BCUT2D eigenvalue weighted by molar-refractivity contribution is 0.134. The molecule has 2 aromatic rings. The van der Waals surface area contributed by atoms with E-state index in [2.05, 4.69) is 64.3 Å². The van der Waals surface area contributed by atoms with Crippen LogP contribution >= 0.6 is 11.8 Å². The van der Waals surface area contributed by atoms with Gasteiger partial charge in [0.2, 0.25) is 0 Å². The minimum atomic E-state index is -0.232. The average molecular weight is 382 g/mol. The zero-order valence-electron chi connectivity index (χ0n) is 17.0. The average Bonchev–Trinajstić information content (AvgIpc) is 2.94. The van der Waals surface area contributed by atoms with Crippen molar-refractivity contribution < 1.29 is 9.47 Å². The van der Waals surface area contributed by atoms with E-state index in [-0.39, 0.29) is 11.1 Å². The van der Waals surface area contributed by atoms with E-state index in [0.29, 0.717) is 0 Å². The summed E-state index contributed by atoms with van der Waals surface area (Å²) >= 11 is 1.76. The Morgan fingerprint density at radius 1 is 1.11 bits per heavy atom. The van der Waals surface area contributed by atoms with Crippen LogP contribution in [0.1, 0.15) is 49.9 Å². The number of aliphatic imine (C=N–C) groups is 1. The van der Waals surface area contributed by atoms with E-state index in [1.54, 1.807) is 18.9 Å². The van der Waals surface area contributed by atoms with Crippen LogP contribution in [0.25, 0.3) is 0 Å². The Balaban J connectivity index is 1.98. The van der Waals surface area contributed by atoms with Gasteiger partial charge in [-0.3, -0.25) is 4.99 Å². The van der Waals surface area contributed by atoms with E-state index in [9.17, 15) is 0 Å². The van der Waals surface area contributed by atoms with Gasteiger partial charge in [0.1, 0.15) is 5.60 Å². The van der Waals surface area contributed by atoms with E-state index >= 15 is 0 Å². The third kappa shape index (κ3) is 3.25. The van der Waals surface area contributed by atoms with Gasteiger partial charge >= 0.3 is 0 Å². The number of thioether (sulfide) groups is 1. The predicted octanol–water partition coefficient (Wildman–Crippen LogP) is 5.30. The second-order valence-electron chi connectivity index (χ2n) is 8.64. The summed E-state index contributed by atoms with van der Waals surface area (Å²) in [7, 11) is 1.72. The SMILES string of the molecule is COc1cc2c(c3c1OC(C)(C)C3)C(c1cccc(SC)c1)=NC(C)(C)C2. The fourth-order valence-electron chi connectivity index (χ4n) is 4.20. The van der Waals surface area contributed by atoms with Crippen LogP contribution in [0.5, 0.6) is 11.5 Å². The highest BCUT2D eigenvalue weighted by Crippen LogP contribution is 2.47. The monoisotopic (exact) mass is 381 g/mol. The van der Waals surface area contributed by atoms with Crippen molar-refractivity contribution in [1.29, 1.82) is 0 Å². The molecule has 0 saturated heterocycles. The first-order valence-electron chi connectivity index (χ1n) is 9.39. The van der Waals surface area contributed by atoms with Gasteiger partial charge in [-0.2, -0.15) is 0 Å². The minimum Gasteiger partial charge on any atom is -0.493 e. The molecule has 0 aromatic heterocycles. The summed E-state index contributed by atoms with van der Waals surface area (Å²) in [6, 6.07) is 10.8. The van der Waals surface area contributed by atoms with Gasteiger partial charge < -0.3 is 9.47 Å². The molecule has 0 aliphatic carbocycles. The van der Waals surface area contributed by atoms with Crippen LogP contribution in [0, 0.1) is 0 Å². The lowest BCUT2D eigenvalue weighted by Crippen LogP contribution is -2.30. The van der Waals surface area contributed by atoms with Gasteiger partial charge in [-0.15, -0.1) is 11.8 Å². The largest absolute Gasteiger partial charge is 0.493 e. The molecule has 2 heterocycles. The molecule has 0 bridgehead atoms. The Labute approximate surface area is 166 Å². The summed E-state index contributed by atoms with van der Waals surface area (Å²) in [5, 5.41) is 0. The first-order valence-corrected chi connectivity index (χ1v) is 10.6. The molecule has 0 fully saturated rings. The van der Waals surface area contributed by atoms with Gasteiger partial charge in [0.15, 0.2) is 11.5 Å². The fraction of sp³-hybridized carbons (Fsp3) is 0.435. The number of hydrogen-bond donors (Lipinski definition) is 0. The molecule has 0 unspecified atom stereocenters. The quantitative estimate of drug-likeness (QED) is 0.676. The number of hydrogen-bond acceptors (Lipinski definition) is 4. The normalized spacial score (nSPS) is 19.0. The number of methoxy groups -OCH3 is 1. The van der Waals surface area contributed by atoms with Gasteiger partial charge in [-0.1, -0.05) is 12.1 Å². The predicted molar refractivity (Wildman–Crippen MR) is 113 cm³/mol. The number of benzene rings is 2. The molecular formula is C23H27NO2S. The van der Waals surface area contributed by atoms with Crippen LogP contribution in [0.2, 0.25) is 0 Å². The molecule has 0 radical (unpaired) electrons. The van der Waals surface area contributed by atoms with Crippen LogP contribution < -0.4 is 9.47 Å². The van der Waals surface area contributed by atoms with Crippen LogP contribution in [0.3, 0.4) is 0 Å². The van der Waals surface area contributed by atoms with E-state index < -0.39 is 0 Å². The number of ether oxygens (including phenoxy) is 2. The first kappa shape index (κ1) is 18.4. The molecule has 2 aliphatic rings. The number of rotatable bonds is 3. The van der Waals surface area contributed by atoms with Gasteiger partial charge in [-0.05, 0) is 64.1 Å². The smallest absolute Gasteiger partial charge is 0.166 e. The molecular weight excluding hydrogens is 354 g/mol. The first-order chi connectivity index (χ1) is 12.7. The van der Waals surface area contributed by atoms with E-state index in [0.717, 1.165) is 30.1 Å². The van der Waals surface area contributed by atoms with E-state index in [4.69, 9.17) is 14.5 Å². The molecule has 3 nitrogen and oxygen atoms in total. The highest BCUT2D eigenvalue weighted by atomic mass is 32.2. The summed E-state index contributed by atoms with van der Waals surface area (Å²) in [6.45, 7) is 8.68. The Bertz CT molecular complexity index is 944. The maximum atomic E-state index is 6.28. The summed E-state index contributed by atoms with van der Waals surface area (Å²) in [5.74, 6) is 1.72. The number of fused-ring (bicyclic) bond motifs is 3. The standard InChI is InChI=1S/C23H27NO2S/c1-22(2)12-15-11-18(25-5)21-17(13-23(3,4)26-21)19(15)20(24-22)14-8-7-9-16(10-14)27-6/h7-11H,12-13H2,1-6H3. The zero-order chi connectivity index (χ0) is 19.4. The molecule has 4 heteroatoms. The lowest BCUT2D eigenvalue weighted by Gasteiger charge is -2.31. The topological polar surface area (TPSA) is 30.8 Å². The van der Waals surface area contributed by atoms with Gasteiger partial charge in [-0.25, -0.2) is 0 Å². The van der Waals surface area contributed by atoms with E-state index in [1.807, 2.05) is 0 Å². The van der Waals surface area contributed by atoms with Crippen LogP contribution in [-0.2, 0) is 12.8 Å². The molecule has 4 rings (SSSR count). The van der Waals surface area contributed by atoms with Gasteiger partial charge in [0.05, 0.1) is 18.4 Å². The van der Waals surface area contributed by atoms with Gasteiger partial charge in [0.25, 0.3) is 0 Å². The molecule has 27 heavy (non-hydrogen) atoms. The van der Waals surface area contributed by atoms with Crippen LogP contribution in [-0.4, -0.2) is 30.2 Å². The second kappa shape index (κ2) is 6.30. The third-order valence-corrected chi connectivity index (χ3v) is 5.97. The van der Waals surface area contributed by atoms with Crippen molar-refractivity contribution in [3.05, 3.63) is 52.6 Å². The molecule has 0 N–H and O–H groups in total. The van der Waals surface area contributed by atoms with Gasteiger partial charge in [0, 0.05) is 28.0 Å². The summed E-state index contributed by atoms with van der Waals surface area (Å²) in [5.41, 5.74) is 5.66. The molecule has 142 valence electrons. The number of nitrogens with zero attached hydrogens (tertiary/aromatic N) is 1. The maximum absolute atomic E-state index is 6.28. The molecule has 0 amide bonds. The Hall–Kier alpha value is -1.94. The second-order valence-corrected chi connectivity index (χ2v) is 9.52. The minimum absolute atomic E-state index is 0.147. The van der Waals surface area contributed by atoms with E-state index in [1.165, 1.54) is 27.1 Å². The summed E-state index contributed by atoms with van der Waals surface area (Å²) in [6.07, 6.45) is 3.88. The molecule has 2 aliphatic heterocycles. The zero-order valence-corrected chi connectivity index (χ0v) is 17.8. The van der Waals surface area contributed by atoms with Crippen molar-refractivity contribution in [2.24, 2.45) is 4.99 Å². The molecule has 0 atom stereocenters. The molecule has 0 saturated carbocycles. The van der Waals surface area contributed by atoms with Crippen molar-refractivity contribution >= 4 is 17.5 Å². The lowest BCUT2D eigenvalue weighted by atomic mass is 9.81. The Morgan fingerprint density at radius 2 is 1.89 bits per heavy atom. The van der Waals surface area contributed by atoms with Crippen LogP contribution in [0.4, 0.5) is 0 Å². The summed E-state index contributed by atoms with van der Waals surface area (Å²) < 4.78 is 12.0. The van der Waals surface area contributed by atoms with Crippen molar-refractivity contribution in [3.63, 3.8) is 0 Å². The Morgan fingerprint density at radius 3 is 2.59 bits per heavy atom. The highest BCUT2D eigenvalue weighted by Gasteiger charge is 2.39.